The minimum Gasteiger partial charge on any atom is -0.465 e. The molecule has 17 heteroatoms. The van der Waals surface area contributed by atoms with Crippen LogP contribution in [0.2, 0.25) is 0 Å². The number of fused-ring (bicyclic) bond motifs is 1. The van der Waals surface area contributed by atoms with Gasteiger partial charge in [-0.1, -0.05) is 55.5 Å². The van der Waals surface area contributed by atoms with Crippen molar-refractivity contribution in [1.29, 1.82) is 0 Å². The Morgan fingerprint density at radius 2 is 1.74 bits per heavy atom. The lowest BCUT2D eigenvalue weighted by molar-refractivity contribution is -0.142. The Labute approximate surface area is 312 Å². The molecule has 17 nitrogen and oxygen atoms in total. The number of para-hydroxylation sites is 1. The second-order valence-electron chi connectivity index (χ2n) is 14.7. The molecule has 4 atom stereocenters. The summed E-state index contributed by atoms with van der Waals surface area (Å²) in [5.41, 5.74) is 5.30. The van der Waals surface area contributed by atoms with E-state index in [9.17, 15) is 33.9 Å². The number of ketones is 1. The number of nitrogens with two attached hydrogens (primary N) is 1. The zero-order chi connectivity index (χ0) is 39.0. The summed E-state index contributed by atoms with van der Waals surface area (Å²) in [5.74, 6) is -3.86. The van der Waals surface area contributed by atoms with Crippen LogP contribution in [-0.4, -0.2) is 102 Å². The van der Waals surface area contributed by atoms with Crippen molar-refractivity contribution in [2.75, 3.05) is 13.1 Å². The molecule has 2 fully saturated rings. The Bertz CT molecular complexity index is 1850. The number of carbonyl (C=O) groups is 6. The van der Waals surface area contributed by atoms with Crippen LogP contribution in [0.25, 0.3) is 10.9 Å². The summed E-state index contributed by atoms with van der Waals surface area (Å²) < 4.78 is 1.48. The first-order valence-corrected chi connectivity index (χ1v) is 18.4. The van der Waals surface area contributed by atoms with Crippen molar-refractivity contribution in [2.45, 2.75) is 108 Å². The number of pyridine rings is 1. The predicted octanol–water partition coefficient (Wildman–Crippen LogP) is 1.94. The van der Waals surface area contributed by atoms with Crippen molar-refractivity contribution in [3.63, 3.8) is 0 Å². The lowest BCUT2D eigenvalue weighted by Crippen LogP contribution is -2.56. The molecule has 1 aliphatic heterocycles. The molecule has 7 N–H and O–H groups in total. The molecule has 1 aromatic carbocycles. The van der Waals surface area contributed by atoms with E-state index in [1.165, 1.54) is 22.0 Å². The molecule has 1 aliphatic carbocycles. The average molecular weight is 748 g/mol. The van der Waals surface area contributed by atoms with Crippen LogP contribution >= 0.6 is 0 Å². The Balaban J connectivity index is 1.44. The first-order valence-electron chi connectivity index (χ1n) is 18.4. The molecular weight excluding hydrogens is 698 g/mol. The minimum absolute atomic E-state index is 0.00894. The fourth-order valence-corrected chi connectivity index (χ4v) is 7.43. The first-order chi connectivity index (χ1) is 25.7. The summed E-state index contributed by atoms with van der Waals surface area (Å²) in [4.78, 5) is 84.2. The molecule has 0 radical (unpaired) electrons. The fraction of sp³-hybridized carbons (Fsp3) is 0.541. The second-order valence-corrected chi connectivity index (χ2v) is 14.7. The van der Waals surface area contributed by atoms with Crippen molar-refractivity contribution >= 4 is 46.4 Å². The van der Waals surface area contributed by atoms with Gasteiger partial charge in [-0.3, -0.25) is 29.0 Å². The van der Waals surface area contributed by atoms with Gasteiger partial charge in [-0.2, -0.15) is 0 Å². The van der Waals surface area contributed by atoms with Crippen LogP contribution in [0.1, 0.15) is 100 Å². The van der Waals surface area contributed by atoms with Crippen LogP contribution in [0.15, 0.2) is 42.7 Å². The molecule has 54 heavy (non-hydrogen) atoms. The van der Waals surface area contributed by atoms with Crippen molar-refractivity contribution in [2.24, 2.45) is 11.7 Å². The van der Waals surface area contributed by atoms with E-state index >= 15 is 0 Å². The van der Waals surface area contributed by atoms with Crippen molar-refractivity contribution in [3.05, 3.63) is 54.0 Å². The zero-order valence-corrected chi connectivity index (χ0v) is 30.6. The van der Waals surface area contributed by atoms with Gasteiger partial charge >= 0.3 is 6.09 Å². The van der Waals surface area contributed by atoms with E-state index in [1.807, 2.05) is 24.3 Å². The molecule has 290 valence electrons. The van der Waals surface area contributed by atoms with Gasteiger partial charge in [0.25, 0.3) is 11.8 Å². The molecule has 1 saturated heterocycles. The highest BCUT2D eigenvalue weighted by molar-refractivity contribution is 6.37. The number of likely N-dealkylation sites (tertiary alicyclic amines) is 1. The number of nitrogens with zero attached hydrogens (tertiary/aromatic N) is 5. The topological polar surface area (TPSA) is 252 Å². The summed E-state index contributed by atoms with van der Waals surface area (Å²) in [6.45, 7) is 3.19. The van der Waals surface area contributed by atoms with E-state index in [0.717, 1.165) is 37.5 Å². The molecule has 2 aliphatic rings. The number of carboxylic acid groups (broad SMARTS) is 1. The molecule has 2 unspecified atom stereocenters. The summed E-state index contributed by atoms with van der Waals surface area (Å²) in [6, 6.07) is 4.92. The van der Waals surface area contributed by atoms with Crippen LogP contribution in [0.3, 0.4) is 0 Å². The number of Topliss-reactive ketones (excluding diaryl/α,β-unsaturated/α-hetero) is 1. The monoisotopic (exact) mass is 747 g/mol. The number of hydrogen-bond acceptors (Lipinski definition) is 10. The summed E-state index contributed by atoms with van der Waals surface area (Å²) >= 11 is 0. The number of carbonyl (C=O) groups excluding carboxylic acids is 5. The first kappa shape index (κ1) is 39.8. The van der Waals surface area contributed by atoms with E-state index in [-0.39, 0.29) is 43.8 Å². The van der Waals surface area contributed by atoms with Gasteiger partial charge in [-0.05, 0) is 57.6 Å². The molecule has 3 aromatic rings. The van der Waals surface area contributed by atoms with Crippen molar-refractivity contribution in [1.82, 2.24) is 40.8 Å². The van der Waals surface area contributed by atoms with E-state index in [2.05, 4.69) is 31.2 Å². The molecule has 5 amide bonds. The number of aliphatic hydroxyl groups is 1. The maximum Gasteiger partial charge on any atom is 0.404 e. The maximum absolute atomic E-state index is 14.8. The van der Waals surface area contributed by atoms with Crippen LogP contribution in [0, 0.1) is 5.92 Å². The second kappa shape index (κ2) is 17.6. The number of rotatable bonds is 16. The van der Waals surface area contributed by atoms with Gasteiger partial charge in [-0.25, -0.2) is 9.48 Å². The molecule has 0 bridgehead atoms. The van der Waals surface area contributed by atoms with E-state index < -0.39 is 65.3 Å². The van der Waals surface area contributed by atoms with E-state index in [4.69, 9.17) is 10.8 Å². The number of primary amides is 1. The lowest BCUT2D eigenvalue weighted by atomic mass is 9.84. The van der Waals surface area contributed by atoms with Crippen molar-refractivity contribution in [3.8, 4) is 0 Å². The van der Waals surface area contributed by atoms with Gasteiger partial charge in [-0.15, -0.1) is 5.10 Å². The third-order valence-electron chi connectivity index (χ3n) is 10.2. The summed E-state index contributed by atoms with van der Waals surface area (Å²) in [7, 11) is 0. The van der Waals surface area contributed by atoms with Crippen LogP contribution < -0.4 is 21.7 Å². The molecule has 0 spiro atoms. The molecular formula is C37H49N9O8. The van der Waals surface area contributed by atoms with Gasteiger partial charge < -0.3 is 36.8 Å². The number of amides is 5. The molecule has 1 saturated carbocycles. The number of hydrogen-bond donors (Lipinski definition) is 6. The zero-order valence-electron chi connectivity index (χ0n) is 30.6. The Morgan fingerprint density at radius 3 is 2.44 bits per heavy atom. The number of benzene rings is 1. The largest absolute Gasteiger partial charge is 0.465 e. The van der Waals surface area contributed by atoms with Gasteiger partial charge in [0.05, 0.1) is 35.1 Å². The average Bonchev–Trinajstić information content (AvgIpc) is 3.82. The molecule has 5 rings (SSSR count). The van der Waals surface area contributed by atoms with Crippen molar-refractivity contribution < 1.29 is 39.0 Å². The number of aromatic nitrogens is 4. The highest BCUT2D eigenvalue weighted by Crippen LogP contribution is 2.33. The maximum atomic E-state index is 14.8. The van der Waals surface area contributed by atoms with Crippen LogP contribution in [0.4, 0.5) is 4.79 Å². The molecule has 3 heterocycles. The fourth-order valence-electron chi connectivity index (χ4n) is 7.43. The quantitative estimate of drug-likeness (QED) is 0.0912. The molecule has 2 aromatic heterocycles. The van der Waals surface area contributed by atoms with Gasteiger partial charge in [0, 0.05) is 31.1 Å². The number of unbranched alkanes of at least 4 members (excludes halogenated alkanes) is 1. The third kappa shape index (κ3) is 9.94. The van der Waals surface area contributed by atoms with Crippen LogP contribution in [0.5, 0.6) is 0 Å². The smallest absolute Gasteiger partial charge is 0.404 e. The van der Waals surface area contributed by atoms with Crippen LogP contribution in [-0.2, 0) is 24.8 Å². The third-order valence-corrected chi connectivity index (χ3v) is 10.2. The van der Waals surface area contributed by atoms with E-state index in [1.54, 1.807) is 19.9 Å². The van der Waals surface area contributed by atoms with E-state index in [0.29, 0.717) is 24.1 Å². The standard InChI is InChI=1S/C37H49N9O8/c1-37(2,54)30-20-41-44-46(30)25-18-29(34(50)42-27(31(47)32(38)48)14-8-9-15-39-36(52)53)45(21-25)35(51)28(16-22-10-4-3-5-11-22)43-33(49)24-17-23-12-6-7-13-26(23)40-19-24/h6-7,12-13,17,19-20,22,25,27-29,39,54H,3-5,8-11,14-16,18,21H2,1-2H3,(H2,38,48)(H,42,50)(H,43,49)(H,52,53)/t25-,27?,28?,29-/m0/s1. The van der Waals surface area contributed by atoms with Gasteiger partial charge in [0.1, 0.15) is 17.7 Å². The number of nitrogens with one attached hydrogen (secondary N) is 3. The predicted molar refractivity (Wildman–Crippen MR) is 195 cm³/mol. The SMILES string of the molecule is CC(C)(O)c1cnnn1[C@H]1C[C@@H](C(=O)NC(CCCCNC(=O)O)C(=O)C(N)=O)N(C(=O)C(CC2CCCCC2)NC(=O)c2cnc3ccccc3c2)C1. The normalized spacial score (nSPS) is 18.8. The lowest BCUT2D eigenvalue weighted by Gasteiger charge is -2.32. The van der Waals surface area contributed by atoms with Gasteiger partial charge in [0.15, 0.2) is 0 Å². The van der Waals surface area contributed by atoms with Gasteiger partial charge in [0.2, 0.25) is 17.6 Å². The Kier molecular flexibility index (Phi) is 12.9. The summed E-state index contributed by atoms with van der Waals surface area (Å²) in [6.07, 6.45) is 7.45. The highest BCUT2D eigenvalue weighted by atomic mass is 16.4. The highest BCUT2D eigenvalue weighted by Gasteiger charge is 2.45. The minimum atomic E-state index is -1.36. The Hall–Kier alpha value is -5.45. The summed E-state index contributed by atoms with van der Waals surface area (Å²) in [5, 5.41) is 36.4. The Morgan fingerprint density at radius 1 is 1.00 bits per heavy atom.